The summed E-state index contributed by atoms with van der Waals surface area (Å²) in [4.78, 5) is 25.9. The molecular weight excluding hydrogens is 472 g/mol. The van der Waals surface area contributed by atoms with Gasteiger partial charge in [-0.15, -0.1) is 0 Å². The lowest BCUT2D eigenvalue weighted by Crippen LogP contribution is -2.37. The molecule has 1 aromatic rings. The van der Waals surface area contributed by atoms with Crippen molar-refractivity contribution in [3.05, 3.63) is 29.8 Å². The van der Waals surface area contributed by atoms with E-state index in [0.29, 0.717) is 18.8 Å². The Morgan fingerprint density at radius 1 is 1.08 bits per heavy atom. The number of amides is 2. The third kappa shape index (κ3) is 12.6. The Morgan fingerprint density at radius 3 is 2.47 bits per heavy atom. The largest absolute Gasteiger partial charge is 0.384 e. The summed E-state index contributed by atoms with van der Waals surface area (Å²) >= 11 is 1.67. The number of rotatable bonds is 18. The molecule has 1 heterocycles. The zero-order valence-electron chi connectivity index (χ0n) is 22.0. The topological polar surface area (TPSA) is 109 Å². The molecule has 2 rings (SSSR count). The summed E-state index contributed by atoms with van der Waals surface area (Å²) in [6, 6.07) is 10.9. The van der Waals surface area contributed by atoms with E-state index in [1.165, 1.54) is 38.4 Å². The van der Waals surface area contributed by atoms with E-state index in [4.69, 9.17) is 0 Å². The summed E-state index contributed by atoms with van der Waals surface area (Å²) < 4.78 is 0. The Morgan fingerprint density at radius 2 is 1.81 bits per heavy atom. The van der Waals surface area contributed by atoms with Crippen molar-refractivity contribution < 1.29 is 9.59 Å². The van der Waals surface area contributed by atoms with Crippen LogP contribution < -0.4 is 21.3 Å². The van der Waals surface area contributed by atoms with Gasteiger partial charge < -0.3 is 26.2 Å². The summed E-state index contributed by atoms with van der Waals surface area (Å²) in [6.07, 6.45) is 5.79. The van der Waals surface area contributed by atoms with Gasteiger partial charge in [-0.2, -0.15) is 17.0 Å². The molecule has 2 unspecified atom stereocenters. The monoisotopic (exact) mass is 516 g/mol. The van der Waals surface area contributed by atoms with Gasteiger partial charge in [-0.3, -0.25) is 9.59 Å². The fraction of sp³-hybridized carbons (Fsp3) is 0.667. The summed E-state index contributed by atoms with van der Waals surface area (Å²) in [5, 5.41) is 22.2. The van der Waals surface area contributed by atoms with Gasteiger partial charge in [-0.1, -0.05) is 19.1 Å². The Hall–Kier alpha value is -2.28. The second-order valence-electron chi connectivity index (χ2n) is 9.33. The summed E-state index contributed by atoms with van der Waals surface area (Å²) in [7, 11) is 0. The van der Waals surface area contributed by atoms with Crippen LogP contribution in [0, 0.1) is 17.2 Å². The molecule has 0 bridgehead atoms. The van der Waals surface area contributed by atoms with Crippen molar-refractivity contribution in [3.63, 3.8) is 0 Å². The van der Waals surface area contributed by atoms with Crippen LogP contribution in [-0.2, 0) is 16.0 Å². The first-order valence-electron chi connectivity index (χ1n) is 13.3. The van der Waals surface area contributed by atoms with Gasteiger partial charge in [0.2, 0.25) is 11.8 Å². The highest BCUT2D eigenvalue weighted by Gasteiger charge is 2.20. The van der Waals surface area contributed by atoms with Gasteiger partial charge in [0.15, 0.2) is 0 Å². The molecule has 1 aliphatic rings. The van der Waals surface area contributed by atoms with E-state index in [0.717, 1.165) is 51.1 Å². The minimum absolute atomic E-state index is 0.139. The van der Waals surface area contributed by atoms with E-state index >= 15 is 0 Å². The molecule has 36 heavy (non-hydrogen) atoms. The van der Waals surface area contributed by atoms with E-state index < -0.39 is 5.92 Å². The molecule has 0 radical (unpaired) electrons. The number of nitrogens with one attached hydrogen (secondary N) is 4. The average Bonchev–Trinajstić information content (AvgIpc) is 3.40. The minimum Gasteiger partial charge on any atom is -0.384 e. The van der Waals surface area contributed by atoms with Crippen LogP contribution in [0.3, 0.4) is 0 Å². The van der Waals surface area contributed by atoms with E-state index in [2.05, 4.69) is 63.4 Å². The van der Waals surface area contributed by atoms with Crippen LogP contribution in [0.4, 0.5) is 5.69 Å². The molecule has 200 valence electrons. The smallest absolute Gasteiger partial charge is 0.238 e. The molecule has 1 aromatic carbocycles. The molecule has 1 aliphatic heterocycles. The zero-order valence-corrected chi connectivity index (χ0v) is 22.8. The molecule has 2 atom stereocenters. The van der Waals surface area contributed by atoms with Crippen LogP contribution in [0.2, 0.25) is 0 Å². The Bertz CT molecular complexity index is 807. The number of carbonyl (C=O) groups is 2. The van der Waals surface area contributed by atoms with Crippen molar-refractivity contribution in [1.82, 2.24) is 20.9 Å². The molecule has 2 amide bonds. The standard InChI is InChI=1S/C27H44N6O2S/c1-3-12-29-13-10-26(36-21-24(19-28)27(35)31-15-14-30-22(2)34)20-32-25-8-6-23(7-9-25)11-18-33-16-4-5-17-33/h6-9,24,26,29,32H,3-5,10-18,20-21H2,1-2H3,(H,30,34)(H,31,35). The molecule has 0 spiro atoms. The second-order valence-corrected chi connectivity index (χ2v) is 10.7. The quantitative estimate of drug-likeness (QED) is 0.222. The lowest BCUT2D eigenvalue weighted by atomic mass is 10.1. The van der Waals surface area contributed by atoms with Crippen LogP contribution in [0.1, 0.15) is 45.1 Å². The molecule has 4 N–H and O–H groups in total. The lowest BCUT2D eigenvalue weighted by molar-refractivity contribution is -0.123. The number of hydrogen-bond donors (Lipinski definition) is 4. The number of nitrogens with zero attached hydrogens (tertiary/aromatic N) is 2. The van der Waals surface area contributed by atoms with E-state index in [1.54, 1.807) is 11.8 Å². The lowest BCUT2D eigenvalue weighted by Gasteiger charge is -2.20. The third-order valence-electron chi connectivity index (χ3n) is 6.24. The summed E-state index contributed by atoms with van der Waals surface area (Å²) in [5.74, 6) is -0.692. The van der Waals surface area contributed by atoms with Gasteiger partial charge in [0.05, 0.1) is 6.07 Å². The van der Waals surface area contributed by atoms with Gasteiger partial charge in [0.1, 0.15) is 5.92 Å². The SMILES string of the molecule is CCCNCCC(CNc1ccc(CCN2CCCC2)cc1)SCC(C#N)C(=O)NCCNC(C)=O. The van der Waals surface area contributed by atoms with Crippen LogP contribution in [0.25, 0.3) is 0 Å². The van der Waals surface area contributed by atoms with E-state index in [9.17, 15) is 14.9 Å². The first-order chi connectivity index (χ1) is 17.5. The van der Waals surface area contributed by atoms with Crippen molar-refractivity contribution in [1.29, 1.82) is 5.26 Å². The second kappa shape index (κ2) is 18.0. The van der Waals surface area contributed by atoms with Gasteiger partial charge in [-0.25, -0.2) is 0 Å². The Labute approximate surface area is 221 Å². The molecular formula is C27H44N6O2S. The molecule has 0 aliphatic carbocycles. The maximum absolute atomic E-state index is 12.4. The van der Waals surface area contributed by atoms with Crippen molar-refractivity contribution in [2.45, 2.75) is 51.2 Å². The average molecular weight is 517 g/mol. The first kappa shape index (κ1) is 29.9. The predicted molar refractivity (Wildman–Crippen MR) is 149 cm³/mol. The molecule has 1 saturated heterocycles. The normalized spacial score (nSPS) is 15.1. The fourth-order valence-electron chi connectivity index (χ4n) is 4.07. The van der Waals surface area contributed by atoms with Crippen LogP contribution in [0.5, 0.6) is 0 Å². The Kier molecular flexibility index (Phi) is 15.0. The van der Waals surface area contributed by atoms with Crippen molar-refractivity contribution in [3.8, 4) is 6.07 Å². The van der Waals surface area contributed by atoms with Crippen molar-refractivity contribution >= 4 is 29.3 Å². The number of benzene rings is 1. The van der Waals surface area contributed by atoms with Gasteiger partial charge >= 0.3 is 0 Å². The predicted octanol–water partition coefficient (Wildman–Crippen LogP) is 2.62. The van der Waals surface area contributed by atoms with Gasteiger partial charge in [0, 0.05) is 49.8 Å². The highest BCUT2D eigenvalue weighted by molar-refractivity contribution is 8.00. The minimum atomic E-state index is -0.715. The molecule has 0 saturated carbocycles. The van der Waals surface area contributed by atoms with E-state index in [1.807, 2.05) is 0 Å². The number of likely N-dealkylation sites (tertiary alicyclic amines) is 1. The summed E-state index contributed by atoms with van der Waals surface area (Å²) in [5.41, 5.74) is 2.46. The van der Waals surface area contributed by atoms with Crippen molar-refractivity contribution in [2.75, 3.05) is 63.4 Å². The maximum atomic E-state index is 12.4. The first-order valence-corrected chi connectivity index (χ1v) is 14.4. The van der Waals surface area contributed by atoms with E-state index in [-0.39, 0.29) is 17.1 Å². The highest BCUT2D eigenvalue weighted by atomic mass is 32.2. The number of hydrogen-bond acceptors (Lipinski definition) is 7. The van der Waals surface area contributed by atoms with Gasteiger partial charge in [0.25, 0.3) is 0 Å². The fourth-order valence-corrected chi connectivity index (χ4v) is 5.25. The van der Waals surface area contributed by atoms with Crippen LogP contribution in [0.15, 0.2) is 24.3 Å². The van der Waals surface area contributed by atoms with Crippen LogP contribution >= 0.6 is 11.8 Å². The van der Waals surface area contributed by atoms with Crippen molar-refractivity contribution in [2.24, 2.45) is 5.92 Å². The highest BCUT2D eigenvalue weighted by Crippen LogP contribution is 2.20. The number of thioether (sulfide) groups is 1. The molecule has 9 heteroatoms. The van der Waals surface area contributed by atoms with Gasteiger partial charge in [-0.05, 0) is 76.0 Å². The molecule has 8 nitrogen and oxygen atoms in total. The zero-order chi connectivity index (χ0) is 26.0. The number of anilines is 1. The third-order valence-corrected chi connectivity index (χ3v) is 7.64. The van der Waals surface area contributed by atoms with Crippen LogP contribution in [-0.4, -0.2) is 80.1 Å². The summed E-state index contributed by atoms with van der Waals surface area (Å²) in [6.45, 7) is 10.5. The number of nitriles is 1. The maximum Gasteiger partial charge on any atom is 0.238 e. The molecule has 0 aromatic heterocycles. The number of carbonyl (C=O) groups excluding carboxylic acids is 2. The Balaban J connectivity index is 1.80. The molecule has 1 fully saturated rings.